The van der Waals surface area contributed by atoms with Crippen molar-refractivity contribution in [1.29, 1.82) is 0 Å². The molecule has 0 aliphatic heterocycles. The minimum atomic E-state index is -0.610. The molecule has 0 aliphatic rings. The molecule has 0 N–H and O–H groups in total. The Morgan fingerprint density at radius 3 is 2.50 bits per heavy atom. The molecule has 1 heteroatoms. The van der Waals surface area contributed by atoms with Crippen molar-refractivity contribution in [1.82, 2.24) is 0 Å². The lowest BCUT2D eigenvalue weighted by atomic mass is 10.0. The van der Waals surface area contributed by atoms with E-state index in [9.17, 15) is 0 Å². The van der Waals surface area contributed by atoms with E-state index in [4.69, 9.17) is 15.1 Å². The van der Waals surface area contributed by atoms with Gasteiger partial charge in [-0.3, -0.25) is 0 Å². The van der Waals surface area contributed by atoms with Gasteiger partial charge in [-0.2, -0.15) is 0 Å². The number of hydrogen-bond donors (Lipinski definition) is 0. The van der Waals surface area contributed by atoms with E-state index in [-0.39, 0.29) is 56.8 Å². The largest absolute Gasteiger partial charge is 0.135 e. The van der Waals surface area contributed by atoms with E-state index in [0.717, 1.165) is 11.3 Å². The molecule has 0 unspecified atom stereocenters. The highest BCUT2D eigenvalue weighted by atomic mass is 32.1. The van der Waals surface area contributed by atoms with Gasteiger partial charge in [-0.15, -0.1) is 11.3 Å². The molecule has 3 aromatic carbocycles. The molecule has 0 nitrogen and oxygen atoms in total. The first-order valence-corrected chi connectivity index (χ1v) is 6.72. The van der Waals surface area contributed by atoms with Gasteiger partial charge in [0.1, 0.15) is 0 Å². The van der Waals surface area contributed by atoms with Gasteiger partial charge in [-0.05, 0) is 35.7 Å². The summed E-state index contributed by atoms with van der Waals surface area (Å²) >= 11 is 1.05. The average molecular weight is 285 g/mol. The number of rotatable bonds is 1. The quantitative estimate of drug-likeness (QED) is 0.400. The number of benzene rings is 3. The fourth-order valence-electron chi connectivity index (χ4n) is 2.04. The third-order valence-electron chi connectivity index (χ3n) is 2.99. The molecule has 1 aromatic heterocycles. The number of aryl methyl sites for hydroxylation is 1. The summed E-state index contributed by atoms with van der Waals surface area (Å²) in [6.07, 6.45) is 0. The van der Waals surface area contributed by atoms with Crippen LogP contribution < -0.4 is 0 Å². The second-order valence-corrected chi connectivity index (χ2v) is 5.28. The lowest BCUT2D eigenvalue weighted by Crippen LogP contribution is -1.76. The van der Waals surface area contributed by atoms with Crippen LogP contribution in [0.15, 0.2) is 66.5 Å². The van der Waals surface area contributed by atoms with Crippen molar-refractivity contribution < 1.29 is 15.1 Å². The Balaban J connectivity index is 2.30. The molecule has 0 aliphatic carbocycles. The van der Waals surface area contributed by atoms with Crippen LogP contribution in [-0.2, 0) is 0 Å². The van der Waals surface area contributed by atoms with Crippen molar-refractivity contribution in [3.05, 3.63) is 72.0 Å². The Morgan fingerprint density at radius 2 is 1.65 bits per heavy atom. The van der Waals surface area contributed by atoms with Gasteiger partial charge in [0.05, 0.1) is 15.1 Å². The highest BCUT2D eigenvalue weighted by Crippen LogP contribution is 2.37. The van der Waals surface area contributed by atoms with Crippen LogP contribution >= 0.6 is 11.3 Å². The molecule has 1 heterocycles. The second-order valence-electron chi connectivity index (χ2n) is 4.26. The fourth-order valence-corrected chi connectivity index (χ4v) is 3.06. The van der Waals surface area contributed by atoms with Gasteiger partial charge in [0.2, 0.25) is 0 Å². The highest BCUT2D eigenvalue weighted by molar-refractivity contribution is 7.26. The summed E-state index contributed by atoms with van der Waals surface area (Å²) in [5.74, 6) is 0. The van der Waals surface area contributed by atoms with E-state index in [1.807, 2.05) is 0 Å². The molecular weight excluding hydrogens is 260 g/mol. The number of thiophene rings is 1. The van der Waals surface area contributed by atoms with Crippen LogP contribution in [0.2, 0.25) is 0 Å². The van der Waals surface area contributed by atoms with Crippen LogP contribution in [0.4, 0.5) is 0 Å². The van der Waals surface area contributed by atoms with Gasteiger partial charge in [0.15, 0.2) is 0 Å². The molecule has 0 atom stereocenters. The molecule has 0 amide bonds. The highest BCUT2D eigenvalue weighted by Gasteiger charge is 2.07. The van der Waals surface area contributed by atoms with Crippen LogP contribution in [0, 0.1) is 6.92 Å². The Bertz CT molecular complexity index is 1420. The minimum absolute atomic E-state index is 0.115. The number of hydrogen-bond acceptors (Lipinski definition) is 1. The van der Waals surface area contributed by atoms with Crippen molar-refractivity contribution >= 4 is 31.5 Å². The second kappa shape index (κ2) is 4.46. The topological polar surface area (TPSA) is 0 Å². The Hall–Kier alpha value is -2.12. The molecule has 0 saturated heterocycles. The van der Waals surface area contributed by atoms with Gasteiger partial charge >= 0.3 is 0 Å². The van der Waals surface area contributed by atoms with Crippen molar-refractivity contribution in [2.24, 2.45) is 0 Å². The summed E-state index contributed by atoms with van der Waals surface area (Å²) in [6, 6.07) is -4.81. The lowest BCUT2D eigenvalue weighted by molar-refractivity contribution is 1.56. The molecular formula is C19H14S. The van der Waals surface area contributed by atoms with Crippen LogP contribution in [0.3, 0.4) is 0 Å². The summed E-state index contributed by atoms with van der Waals surface area (Å²) in [4.78, 5) is 0. The average Bonchev–Trinajstić information content (AvgIpc) is 3.15. The Labute approximate surface area is 137 Å². The SMILES string of the molecule is [2H]c1c([2H])c([2H])c(-c2c([2H])c([2H])c3sc4c(C)c([2H])c([2H])c([2H])c4c3c2[2H])c([2H])c1[2H]. The minimum Gasteiger partial charge on any atom is -0.135 e. The van der Waals surface area contributed by atoms with Gasteiger partial charge < -0.3 is 0 Å². The molecule has 20 heavy (non-hydrogen) atoms. The summed E-state index contributed by atoms with van der Waals surface area (Å²) in [6.45, 7) is 1.61. The molecule has 0 saturated carbocycles. The molecule has 0 fully saturated rings. The van der Waals surface area contributed by atoms with Crippen LogP contribution in [0.25, 0.3) is 31.3 Å². The van der Waals surface area contributed by atoms with Gasteiger partial charge in [-0.25, -0.2) is 0 Å². The van der Waals surface area contributed by atoms with Crippen molar-refractivity contribution in [2.75, 3.05) is 0 Å². The molecule has 4 rings (SSSR count). The normalized spacial score (nSPS) is 18.9. The van der Waals surface area contributed by atoms with Crippen molar-refractivity contribution in [3.63, 3.8) is 0 Å². The first kappa shape index (κ1) is 5.01. The van der Waals surface area contributed by atoms with Crippen molar-refractivity contribution in [2.45, 2.75) is 6.92 Å². The van der Waals surface area contributed by atoms with E-state index in [2.05, 4.69) is 0 Å². The standard InChI is InChI=1S/C19H14S/c1-13-6-5-9-16-17-12-15(14-7-3-2-4-8-14)10-11-18(17)20-19(13)16/h2-12H,1H3/i2D,3D,4D,5D,6D,7D,8D,9D,10D,11D,12D. The van der Waals surface area contributed by atoms with E-state index in [1.54, 1.807) is 6.92 Å². The smallest absolute Gasteiger partial charge is 0.0638 e. The fraction of sp³-hybridized carbons (Fsp3) is 0.0526. The Kier molecular flexibility index (Phi) is 1.12. The Morgan fingerprint density at radius 1 is 0.800 bits per heavy atom. The molecule has 0 spiro atoms. The number of fused-ring (bicyclic) bond motifs is 3. The third kappa shape index (κ3) is 1.75. The maximum absolute atomic E-state index is 8.77. The zero-order valence-corrected chi connectivity index (χ0v) is 11.2. The first-order valence-electron chi connectivity index (χ1n) is 11.4. The van der Waals surface area contributed by atoms with Gasteiger partial charge in [0.25, 0.3) is 0 Å². The molecule has 96 valence electrons. The summed E-state index contributed by atoms with van der Waals surface area (Å²) in [7, 11) is 0. The van der Waals surface area contributed by atoms with Crippen LogP contribution in [0.5, 0.6) is 0 Å². The van der Waals surface area contributed by atoms with E-state index < -0.39 is 36.3 Å². The van der Waals surface area contributed by atoms with E-state index in [1.165, 1.54) is 0 Å². The molecule has 0 radical (unpaired) electrons. The zero-order chi connectivity index (χ0) is 23.1. The molecule has 0 bridgehead atoms. The van der Waals surface area contributed by atoms with Gasteiger partial charge in [0, 0.05) is 20.2 Å². The van der Waals surface area contributed by atoms with E-state index >= 15 is 0 Å². The summed E-state index contributed by atoms with van der Waals surface area (Å²) in [5, 5.41) is 0.315. The first-order chi connectivity index (χ1) is 14.4. The maximum atomic E-state index is 8.77. The predicted molar refractivity (Wildman–Crippen MR) is 89.5 cm³/mol. The predicted octanol–water partition coefficient (Wildman–Crippen LogP) is 6.03. The third-order valence-corrected chi connectivity index (χ3v) is 4.21. The van der Waals surface area contributed by atoms with Crippen LogP contribution in [-0.4, -0.2) is 0 Å². The lowest BCUT2D eigenvalue weighted by Gasteiger charge is -2.01. The monoisotopic (exact) mass is 285 g/mol. The summed E-state index contributed by atoms with van der Waals surface area (Å²) < 4.78 is 90.9. The zero-order valence-electron chi connectivity index (χ0n) is 21.4. The maximum Gasteiger partial charge on any atom is 0.0638 e. The molecule has 4 aromatic rings. The van der Waals surface area contributed by atoms with Crippen molar-refractivity contribution in [3.8, 4) is 11.1 Å². The van der Waals surface area contributed by atoms with Gasteiger partial charge in [-0.1, -0.05) is 54.4 Å². The summed E-state index contributed by atoms with van der Waals surface area (Å²) in [5.41, 5.74) is -0.207. The van der Waals surface area contributed by atoms with Crippen LogP contribution in [0.1, 0.15) is 20.6 Å². The van der Waals surface area contributed by atoms with E-state index in [0.29, 0.717) is 10.3 Å².